The Morgan fingerprint density at radius 3 is 2.22 bits per heavy atom. The average molecular weight is 551 g/mol. The van der Waals surface area contributed by atoms with E-state index < -0.39 is 34.7 Å². The smallest absolute Gasteiger partial charge is 0.356 e. The zero-order valence-electron chi connectivity index (χ0n) is 16.7. The van der Waals surface area contributed by atoms with Gasteiger partial charge in [-0.05, 0) is 42.1 Å². The largest absolute Gasteiger partial charge is 0.436 e. The zero-order valence-corrected chi connectivity index (χ0v) is 19.1. The number of hydrogen-bond acceptors (Lipinski definition) is 3. The van der Waals surface area contributed by atoms with E-state index in [4.69, 9.17) is 11.6 Å². The predicted octanol–water partition coefficient (Wildman–Crippen LogP) is 5.32. The molecule has 2 heterocycles. The normalized spacial score (nSPS) is 14.8. The molecule has 1 amide bonds. The third-order valence-electron chi connectivity index (χ3n) is 4.99. The Balaban J connectivity index is 1.51. The van der Waals surface area contributed by atoms with Gasteiger partial charge in [-0.1, -0.05) is 11.6 Å². The van der Waals surface area contributed by atoms with Crippen molar-refractivity contribution in [2.75, 3.05) is 6.54 Å². The first-order chi connectivity index (χ1) is 14.8. The molecular formula is C18H19BrClF6N5O. The maximum atomic E-state index is 13.1. The van der Waals surface area contributed by atoms with Gasteiger partial charge in [0, 0.05) is 25.4 Å². The molecule has 1 saturated carbocycles. The van der Waals surface area contributed by atoms with E-state index in [-0.39, 0.29) is 42.1 Å². The molecule has 0 aliphatic heterocycles. The van der Waals surface area contributed by atoms with Gasteiger partial charge >= 0.3 is 12.4 Å². The Morgan fingerprint density at radius 1 is 1.09 bits per heavy atom. The molecule has 0 saturated heterocycles. The number of nitrogens with one attached hydrogen (secondary N) is 1. The number of hydrogen-bond donors (Lipinski definition) is 1. The maximum absolute atomic E-state index is 13.1. The number of nitrogens with zero attached hydrogens (tertiary/aromatic N) is 4. The summed E-state index contributed by atoms with van der Waals surface area (Å²) >= 11 is 8.68. The lowest BCUT2D eigenvalue weighted by atomic mass is 10.2. The van der Waals surface area contributed by atoms with E-state index in [9.17, 15) is 31.1 Å². The van der Waals surface area contributed by atoms with Gasteiger partial charge in [-0.2, -0.15) is 36.5 Å². The highest BCUT2D eigenvalue weighted by Crippen LogP contribution is 2.47. The number of carbonyl (C=O) groups is 1. The Kier molecular flexibility index (Phi) is 7.18. The second-order valence-electron chi connectivity index (χ2n) is 7.47. The van der Waals surface area contributed by atoms with Crippen molar-refractivity contribution in [1.82, 2.24) is 24.9 Å². The van der Waals surface area contributed by atoms with Gasteiger partial charge in [0.25, 0.3) is 0 Å². The van der Waals surface area contributed by atoms with Gasteiger partial charge in [-0.15, -0.1) is 0 Å². The van der Waals surface area contributed by atoms with Crippen LogP contribution in [0.4, 0.5) is 26.3 Å². The van der Waals surface area contributed by atoms with Crippen molar-refractivity contribution in [2.24, 2.45) is 0 Å². The van der Waals surface area contributed by atoms with E-state index >= 15 is 0 Å². The highest BCUT2D eigenvalue weighted by Gasteiger charge is 2.42. The van der Waals surface area contributed by atoms with Crippen LogP contribution >= 0.6 is 27.5 Å². The van der Waals surface area contributed by atoms with Crippen LogP contribution in [0.15, 0.2) is 4.47 Å². The first-order valence-electron chi connectivity index (χ1n) is 9.71. The van der Waals surface area contributed by atoms with Crippen LogP contribution in [0.25, 0.3) is 0 Å². The molecule has 1 aliphatic carbocycles. The van der Waals surface area contributed by atoms with Crippen molar-refractivity contribution < 1.29 is 31.1 Å². The lowest BCUT2D eigenvalue weighted by Crippen LogP contribution is -2.26. The average Bonchev–Trinajstić information content (AvgIpc) is 3.39. The molecule has 1 aliphatic rings. The quantitative estimate of drug-likeness (QED) is 0.358. The summed E-state index contributed by atoms with van der Waals surface area (Å²) in [7, 11) is 0. The van der Waals surface area contributed by atoms with Crippen molar-refractivity contribution in [1.29, 1.82) is 0 Å². The van der Waals surface area contributed by atoms with Crippen LogP contribution < -0.4 is 5.32 Å². The van der Waals surface area contributed by atoms with Crippen LogP contribution in [0.3, 0.4) is 0 Å². The topological polar surface area (TPSA) is 64.7 Å². The number of aromatic nitrogens is 4. The molecule has 1 N–H and O–H groups in total. The third kappa shape index (κ3) is 5.59. The van der Waals surface area contributed by atoms with Crippen molar-refractivity contribution in [3.05, 3.63) is 32.3 Å². The Hall–Kier alpha value is -1.76. The summed E-state index contributed by atoms with van der Waals surface area (Å²) in [5, 5.41) is 9.25. The number of carbonyl (C=O) groups excluding carboxylic acids is 1. The molecule has 0 radical (unpaired) electrons. The van der Waals surface area contributed by atoms with Crippen LogP contribution in [0.2, 0.25) is 5.02 Å². The minimum Gasteiger partial charge on any atom is -0.356 e. The standard InChI is InChI=1S/C18H19BrClF6N5O/c1-9-13(20)16(18(24,25)26)29-30(9)7-2-6-27-11(32)5-8-31-14(10-3-4-10)12(19)15(28-31)17(21,22)23/h10H,2-8H2,1H3,(H,27,32). The van der Waals surface area contributed by atoms with Crippen LogP contribution in [0, 0.1) is 6.92 Å². The van der Waals surface area contributed by atoms with Gasteiger partial charge < -0.3 is 5.32 Å². The molecule has 0 spiro atoms. The van der Waals surface area contributed by atoms with E-state index in [0.29, 0.717) is 12.1 Å². The molecule has 1 fully saturated rings. The van der Waals surface area contributed by atoms with Crippen molar-refractivity contribution in [3.8, 4) is 0 Å². The minimum absolute atomic E-state index is 0.0123. The Morgan fingerprint density at radius 2 is 1.69 bits per heavy atom. The van der Waals surface area contributed by atoms with Crippen LogP contribution in [0.1, 0.15) is 54.4 Å². The monoisotopic (exact) mass is 549 g/mol. The summed E-state index contributed by atoms with van der Waals surface area (Å²) in [6.45, 7) is 1.66. The maximum Gasteiger partial charge on any atom is 0.436 e. The fourth-order valence-corrected chi connectivity index (χ4v) is 4.30. The second kappa shape index (κ2) is 9.24. The number of alkyl halides is 6. The van der Waals surface area contributed by atoms with Crippen molar-refractivity contribution in [3.63, 3.8) is 0 Å². The van der Waals surface area contributed by atoms with E-state index in [1.54, 1.807) is 0 Å². The van der Waals surface area contributed by atoms with Gasteiger partial charge in [-0.3, -0.25) is 14.2 Å². The molecule has 178 valence electrons. The Labute approximate surface area is 192 Å². The molecule has 0 aromatic carbocycles. The molecule has 0 atom stereocenters. The lowest BCUT2D eigenvalue weighted by Gasteiger charge is -2.09. The van der Waals surface area contributed by atoms with Crippen molar-refractivity contribution in [2.45, 2.75) is 64.0 Å². The van der Waals surface area contributed by atoms with Gasteiger partial charge in [0.15, 0.2) is 11.4 Å². The number of aryl methyl sites for hydroxylation is 2. The zero-order chi connectivity index (χ0) is 23.8. The molecule has 32 heavy (non-hydrogen) atoms. The molecule has 0 unspecified atom stereocenters. The van der Waals surface area contributed by atoms with Gasteiger partial charge in [0.2, 0.25) is 5.91 Å². The molecule has 14 heteroatoms. The number of amides is 1. The van der Waals surface area contributed by atoms with E-state index in [1.165, 1.54) is 11.6 Å². The molecule has 0 bridgehead atoms. The second-order valence-corrected chi connectivity index (χ2v) is 8.64. The number of rotatable bonds is 8. The van der Waals surface area contributed by atoms with Gasteiger partial charge in [0.1, 0.15) is 0 Å². The summed E-state index contributed by atoms with van der Waals surface area (Å²) in [6.07, 6.45) is -7.53. The highest BCUT2D eigenvalue weighted by molar-refractivity contribution is 9.10. The minimum atomic E-state index is -4.66. The number of halogens is 8. The SMILES string of the molecule is Cc1c(Cl)c(C(F)(F)F)nn1CCCNC(=O)CCn1nc(C(F)(F)F)c(Br)c1C1CC1. The van der Waals surface area contributed by atoms with Gasteiger partial charge in [0.05, 0.1) is 27.4 Å². The summed E-state index contributed by atoms with van der Waals surface area (Å²) in [5.41, 5.74) is -1.55. The van der Waals surface area contributed by atoms with E-state index in [1.807, 2.05) is 0 Å². The molecular weight excluding hydrogens is 532 g/mol. The summed E-state index contributed by atoms with van der Waals surface area (Å²) < 4.78 is 80.2. The summed E-state index contributed by atoms with van der Waals surface area (Å²) in [5.74, 6) is -0.417. The summed E-state index contributed by atoms with van der Waals surface area (Å²) in [4.78, 5) is 12.1. The van der Waals surface area contributed by atoms with Crippen molar-refractivity contribution >= 4 is 33.4 Å². The molecule has 2 aromatic rings. The molecule has 6 nitrogen and oxygen atoms in total. The third-order valence-corrected chi connectivity index (χ3v) is 6.22. The fourth-order valence-electron chi connectivity index (χ4n) is 3.23. The first-order valence-corrected chi connectivity index (χ1v) is 10.9. The lowest BCUT2D eigenvalue weighted by molar-refractivity contribution is -0.142. The van der Waals surface area contributed by atoms with E-state index in [2.05, 4.69) is 31.4 Å². The highest BCUT2D eigenvalue weighted by atomic mass is 79.9. The van der Waals surface area contributed by atoms with Crippen LogP contribution in [0.5, 0.6) is 0 Å². The molecule has 3 rings (SSSR count). The fraction of sp³-hybridized carbons (Fsp3) is 0.611. The van der Waals surface area contributed by atoms with Crippen LogP contribution in [-0.2, 0) is 30.2 Å². The van der Waals surface area contributed by atoms with Gasteiger partial charge in [-0.25, -0.2) is 0 Å². The summed E-state index contributed by atoms with van der Waals surface area (Å²) in [6, 6.07) is 0. The van der Waals surface area contributed by atoms with Crippen LogP contribution in [-0.4, -0.2) is 32.0 Å². The Bertz CT molecular complexity index is 996. The van der Waals surface area contributed by atoms with E-state index in [0.717, 1.165) is 17.5 Å². The first kappa shape index (κ1) is 24.9. The predicted molar refractivity (Wildman–Crippen MR) is 106 cm³/mol. The molecule has 2 aromatic heterocycles.